The van der Waals surface area contributed by atoms with Crippen LogP contribution in [-0.2, 0) is 0 Å². The standard InChI is InChI=1S/C29H20Br2N4O2/c30-21-13-11-20(12-14-21)24-17-25(35(32-24)29(36)26-15-16-27(31)37-26)28-23(19-7-3-1-4-8-19)18-34(33-28)22-9-5-2-6-10-22/h1-16,18,25H,17H2. The van der Waals surface area contributed by atoms with Crippen molar-refractivity contribution in [2.45, 2.75) is 12.5 Å². The van der Waals surface area contributed by atoms with Crippen LogP contribution in [0.2, 0.25) is 0 Å². The van der Waals surface area contributed by atoms with E-state index in [-0.39, 0.29) is 11.7 Å². The number of furan rings is 1. The SMILES string of the molecule is O=C(c1ccc(Br)o1)N1N=C(c2ccc(Br)cc2)CC1c1nn(-c2ccccc2)cc1-c1ccccc1. The summed E-state index contributed by atoms with van der Waals surface area (Å²) < 4.78 is 8.94. The molecule has 0 aliphatic carbocycles. The summed E-state index contributed by atoms with van der Waals surface area (Å²) in [7, 11) is 0. The molecule has 6 nitrogen and oxygen atoms in total. The molecule has 1 amide bonds. The van der Waals surface area contributed by atoms with Crippen LogP contribution in [0.3, 0.4) is 0 Å². The van der Waals surface area contributed by atoms with E-state index in [4.69, 9.17) is 14.6 Å². The van der Waals surface area contributed by atoms with E-state index >= 15 is 0 Å². The Bertz CT molecular complexity index is 1590. The second-order valence-corrected chi connectivity index (χ2v) is 10.3. The first kappa shape index (κ1) is 23.6. The highest BCUT2D eigenvalue weighted by Crippen LogP contribution is 2.39. The number of para-hydroxylation sites is 1. The largest absolute Gasteiger partial charge is 0.444 e. The molecule has 0 spiro atoms. The monoisotopic (exact) mass is 614 g/mol. The van der Waals surface area contributed by atoms with Crippen molar-refractivity contribution in [2.75, 3.05) is 0 Å². The van der Waals surface area contributed by atoms with Crippen molar-refractivity contribution in [3.8, 4) is 16.8 Å². The molecule has 6 rings (SSSR count). The van der Waals surface area contributed by atoms with E-state index in [1.54, 1.807) is 12.1 Å². The summed E-state index contributed by atoms with van der Waals surface area (Å²) in [5.74, 6) is -0.113. The minimum atomic E-state index is -0.421. The third-order valence-electron chi connectivity index (χ3n) is 6.24. The first-order valence-electron chi connectivity index (χ1n) is 11.7. The van der Waals surface area contributed by atoms with Crippen molar-refractivity contribution in [2.24, 2.45) is 5.10 Å². The van der Waals surface area contributed by atoms with Gasteiger partial charge < -0.3 is 4.42 Å². The van der Waals surface area contributed by atoms with Gasteiger partial charge >= 0.3 is 5.91 Å². The van der Waals surface area contributed by atoms with Gasteiger partial charge in [0.25, 0.3) is 0 Å². The first-order valence-corrected chi connectivity index (χ1v) is 13.3. The lowest BCUT2D eigenvalue weighted by atomic mass is 9.97. The van der Waals surface area contributed by atoms with Crippen LogP contribution in [0, 0.1) is 0 Å². The highest BCUT2D eigenvalue weighted by molar-refractivity contribution is 9.10. The average Bonchev–Trinajstić information content (AvgIpc) is 3.68. The fourth-order valence-electron chi connectivity index (χ4n) is 4.46. The van der Waals surface area contributed by atoms with Crippen LogP contribution < -0.4 is 0 Å². The number of hydrazone groups is 1. The Balaban J connectivity index is 1.48. The van der Waals surface area contributed by atoms with E-state index in [1.807, 2.05) is 83.7 Å². The highest BCUT2D eigenvalue weighted by Gasteiger charge is 2.38. The summed E-state index contributed by atoms with van der Waals surface area (Å²) in [5.41, 5.74) is 5.43. The van der Waals surface area contributed by atoms with Gasteiger partial charge in [-0.2, -0.15) is 10.2 Å². The Morgan fingerprint density at radius 2 is 1.54 bits per heavy atom. The van der Waals surface area contributed by atoms with Crippen molar-refractivity contribution in [3.63, 3.8) is 0 Å². The smallest absolute Gasteiger partial charge is 0.310 e. The van der Waals surface area contributed by atoms with E-state index in [0.29, 0.717) is 11.1 Å². The van der Waals surface area contributed by atoms with Gasteiger partial charge in [-0.15, -0.1) is 0 Å². The van der Waals surface area contributed by atoms with Gasteiger partial charge in [0.15, 0.2) is 10.4 Å². The zero-order valence-electron chi connectivity index (χ0n) is 19.5. The molecule has 0 radical (unpaired) electrons. The predicted molar refractivity (Wildman–Crippen MR) is 150 cm³/mol. The van der Waals surface area contributed by atoms with Crippen LogP contribution in [0.1, 0.15) is 34.3 Å². The lowest BCUT2D eigenvalue weighted by molar-refractivity contribution is 0.0674. The molecule has 5 aromatic rings. The molecular weight excluding hydrogens is 596 g/mol. The van der Waals surface area contributed by atoms with Crippen LogP contribution in [0.15, 0.2) is 122 Å². The second kappa shape index (κ2) is 9.95. The van der Waals surface area contributed by atoms with Crippen LogP contribution in [0.5, 0.6) is 0 Å². The molecule has 0 bridgehead atoms. The predicted octanol–water partition coefficient (Wildman–Crippen LogP) is 7.65. The number of benzene rings is 3. The summed E-state index contributed by atoms with van der Waals surface area (Å²) in [6, 6.07) is 30.9. The number of amides is 1. The highest BCUT2D eigenvalue weighted by atomic mass is 79.9. The first-order chi connectivity index (χ1) is 18.1. The number of carbonyl (C=O) groups is 1. The van der Waals surface area contributed by atoms with E-state index in [0.717, 1.165) is 38.3 Å². The van der Waals surface area contributed by atoms with Gasteiger partial charge in [0, 0.05) is 22.7 Å². The summed E-state index contributed by atoms with van der Waals surface area (Å²) >= 11 is 6.80. The number of aromatic nitrogens is 2. The summed E-state index contributed by atoms with van der Waals surface area (Å²) in [4.78, 5) is 13.7. The van der Waals surface area contributed by atoms with E-state index < -0.39 is 6.04 Å². The van der Waals surface area contributed by atoms with Crippen molar-refractivity contribution >= 4 is 43.5 Å². The Kier molecular flexibility index (Phi) is 6.36. The minimum Gasteiger partial charge on any atom is -0.444 e. The fourth-order valence-corrected chi connectivity index (χ4v) is 5.03. The molecule has 3 aromatic carbocycles. The van der Waals surface area contributed by atoms with Crippen LogP contribution in [0.25, 0.3) is 16.8 Å². The molecule has 0 fully saturated rings. The zero-order chi connectivity index (χ0) is 25.4. The number of carbonyl (C=O) groups excluding carboxylic acids is 1. The van der Waals surface area contributed by atoms with Crippen molar-refractivity contribution in [1.29, 1.82) is 0 Å². The Morgan fingerprint density at radius 3 is 2.22 bits per heavy atom. The third-order valence-corrected chi connectivity index (χ3v) is 7.20. The normalized spacial score (nSPS) is 15.1. The van der Waals surface area contributed by atoms with Crippen LogP contribution >= 0.6 is 31.9 Å². The summed E-state index contributed by atoms with van der Waals surface area (Å²) in [5, 5.41) is 11.3. The quantitative estimate of drug-likeness (QED) is 0.204. The molecule has 1 atom stereocenters. The molecule has 37 heavy (non-hydrogen) atoms. The molecule has 3 heterocycles. The molecule has 1 aliphatic heterocycles. The van der Waals surface area contributed by atoms with Gasteiger partial charge in [-0.25, -0.2) is 9.69 Å². The molecule has 2 aromatic heterocycles. The number of hydrogen-bond donors (Lipinski definition) is 0. The molecule has 182 valence electrons. The Labute approximate surface area is 230 Å². The molecule has 0 saturated carbocycles. The number of nitrogens with zero attached hydrogens (tertiary/aromatic N) is 4. The van der Waals surface area contributed by atoms with Crippen molar-refractivity contribution in [3.05, 3.63) is 129 Å². The van der Waals surface area contributed by atoms with E-state index in [2.05, 4.69) is 44.0 Å². The third kappa shape index (κ3) is 4.70. The Hall–Kier alpha value is -3.75. The summed E-state index contributed by atoms with van der Waals surface area (Å²) in [6.07, 6.45) is 2.53. The number of rotatable bonds is 5. The van der Waals surface area contributed by atoms with Gasteiger partial charge in [0.1, 0.15) is 6.04 Å². The maximum atomic E-state index is 13.7. The van der Waals surface area contributed by atoms with Crippen molar-refractivity contribution < 1.29 is 9.21 Å². The number of halogens is 2. The van der Waals surface area contributed by atoms with Crippen LogP contribution in [0.4, 0.5) is 0 Å². The Morgan fingerprint density at radius 1 is 0.838 bits per heavy atom. The van der Waals surface area contributed by atoms with Gasteiger partial charge in [0.2, 0.25) is 0 Å². The lowest BCUT2D eigenvalue weighted by Gasteiger charge is -2.20. The zero-order valence-corrected chi connectivity index (χ0v) is 22.6. The maximum Gasteiger partial charge on any atom is 0.310 e. The van der Waals surface area contributed by atoms with E-state index in [1.165, 1.54) is 5.01 Å². The second-order valence-electron chi connectivity index (χ2n) is 8.60. The van der Waals surface area contributed by atoms with Crippen LogP contribution in [-0.4, -0.2) is 26.4 Å². The van der Waals surface area contributed by atoms with Gasteiger partial charge in [-0.3, -0.25) is 4.79 Å². The summed E-state index contributed by atoms with van der Waals surface area (Å²) in [6.45, 7) is 0. The molecule has 1 aliphatic rings. The number of hydrogen-bond acceptors (Lipinski definition) is 4. The maximum absolute atomic E-state index is 13.7. The van der Waals surface area contributed by atoms with E-state index in [9.17, 15) is 4.79 Å². The molecule has 8 heteroatoms. The van der Waals surface area contributed by atoms with Gasteiger partial charge in [0.05, 0.1) is 17.1 Å². The van der Waals surface area contributed by atoms with Crippen molar-refractivity contribution in [1.82, 2.24) is 14.8 Å². The molecule has 0 N–H and O–H groups in total. The average molecular weight is 616 g/mol. The van der Waals surface area contributed by atoms with Gasteiger partial charge in [-0.05, 0) is 63.5 Å². The molecule has 0 saturated heterocycles. The fraction of sp³-hybridized carbons (Fsp3) is 0.0690. The van der Waals surface area contributed by atoms with Gasteiger partial charge in [-0.1, -0.05) is 76.6 Å². The molecule has 1 unspecified atom stereocenters. The molecular formula is C29H20Br2N4O2. The minimum absolute atomic E-state index is 0.210. The topological polar surface area (TPSA) is 63.6 Å². The lowest BCUT2D eigenvalue weighted by Crippen LogP contribution is -2.27.